The summed E-state index contributed by atoms with van der Waals surface area (Å²) in [6.07, 6.45) is 0.349. The van der Waals surface area contributed by atoms with Gasteiger partial charge in [0.05, 0.1) is 25.3 Å². The molecule has 0 atom stereocenters. The average molecular weight is 318 g/mol. The third-order valence-electron chi connectivity index (χ3n) is 3.40. The van der Waals surface area contributed by atoms with Crippen molar-refractivity contribution >= 4 is 17.2 Å². The molecule has 1 aromatic heterocycles. The number of amides is 1. The van der Waals surface area contributed by atoms with Gasteiger partial charge in [0.15, 0.2) is 0 Å². The molecule has 0 radical (unpaired) electrons. The van der Waals surface area contributed by atoms with Crippen molar-refractivity contribution in [1.82, 2.24) is 9.88 Å². The summed E-state index contributed by atoms with van der Waals surface area (Å²) >= 11 is 1.53. The third kappa shape index (κ3) is 4.05. The van der Waals surface area contributed by atoms with Gasteiger partial charge in [-0.3, -0.25) is 4.79 Å². The van der Waals surface area contributed by atoms with Crippen LogP contribution in [0.15, 0.2) is 35.7 Å². The minimum atomic E-state index is 0.115. The molecule has 1 aliphatic rings. The van der Waals surface area contributed by atoms with E-state index >= 15 is 0 Å². The molecular weight excluding hydrogens is 300 g/mol. The molecule has 3 rings (SSSR count). The van der Waals surface area contributed by atoms with Crippen molar-refractivity contribution in [2.45, 2.75) is 13.0 Å². The lowest BCUT2D eigenvalue weighted by molar-refractivity contribution is -0.134. The van der Waals surface area contributed by atoms with Crippen LogP contribution in [0.2, 0.25) is 0 Å². The number of aromatic nitrogens is 1. The number of thiazole rings is 1. The third-order valence-corrected chi connectivity index (χ3v) is 4.27. The maximum absolute atomic E-state index is 12.2. The van der Waals surface area contributed by atoms with E-state index in [1.165, 1.54) is 11.3 Å². The highest BCUT2D eigenvalue weighted by atomic mass is 32.1. The van der Waals surface area contributed by atoms with E-state index in [9.17, 15) is 4.79 Å². The van der Waals surface area contributed by atoms with E-state index in [1.54, 1.807) is 0 Å². The van der Waals surface area contributed by atoms with E-state index in [2.05, 4.69) is 4.98 Å². The van der Waals surface area contributed by atoms with Crippen LogP contribution in [0.3, 0.4) is 0 Å². The number of morpholine rings is 1. The number of benzene rings is 1. The molecule has 1 aromatic carbocycles. The second-order valence-electron chi connectivity index (χ2n) is 5.00. The minimum Gasteiger partial charge on any atom is -0.486 e. The Hall–Kier alpha value is -1.92. The van der Waals surface area contributed by atoms with Gasteiger partial charge in [0.1, 0.15) is 17.4 Å². The Labute approximate surface area is 133 Å². The molecule has 0 unspecified atom stereocenters. The molecule has 22 heavy (non-hydrogen) atoms. The number of carbonyl (C=O) groups excluding carboxylic acids is 1. The van der Waals surface area contributed by atoms with Crippen molar-refractivity contribution in [3.63, 3.8) is 0 Å². The Bertz CT molecular complexity index is 609. The van der Waals surface area contributed by atoms with Gasteiger partial charge in [-0.2, -0.15) is 0 Å². The Morgan fingerprint density at radius 3 is 2.82 bits per heavy atom. The number of nitrogens with zero attached hydrogens (tertiary/aromatic N) is 2. The summed E-state index contributed by atoms with van der Waals surface area (Å²) in [5.41, 5.74) is 0.813. The lowest BCUT2D eigenvalue weighted by Crippen LogP contribution is -2.41. The Morgan fingerprint density at radius 1 is 1.27 bits per heavy atom. The fourth-order valence-corrected chi connectivity index (χ4v) is 2.94. The van der Waals surface area contributed by atoms with Crippen molar-refractivity contribution in [2.75, 3.05) is 26.3 Å². The second-order valence-corrected chi connectivity index (χ2v) is 5.95. The first-order valence-corrected chi connectivity index (χ1v) is 8.16. The number of hydrogen-bond donors (Lipinski definition) is 0. The quantitative estimate of drug-likeness (QED) is 0.847. The molecule has 1 amide bonds. The van der Waals surface area contributed by atoms with E-state index in [0.29, 0.717) is 39.3 Å². The van der Waals surface area contributed by atoms with Crippen molar-refractivity contribution in [3.05, 3.63) is 46.4 Å². The predicted octanol–water partition coefficient (Wildman–Crippen LogP) is 2.12. The maximum Gasteiger partial charge on any atom is 0.228 e. The van der Waals surface area contributed by atoms with E-state index in [4.69, 9.17) is 9.47 Å². The lowest BCUT2D eigenvalue weighted by Gasteiger charge is -2.26. The van der Waals surface area contributed by atoms with Gasteiger partial charge in [0.2, 0.25) is 5.91 Å². The molecule has 116 valence electrons. The number of para-hydroxylation sites is 1. The van der Waals surface area contributed by atoms with Crippen LogP contribution < -0.4 is 4.74 Å². The largest absolute Gasteiger partial charge is 0.486 e. The van der Waals surface area contributed by atoms with Crippen LogP contribution in [-0.2, 0) is 22.6 Å². The molecule has 0 aliphatic carbocycles. The van der Waals surface area contributed by atoms with E-state index in [-0.39, 0.29) is 5.91 Å². The fraction of sp³-hybridized carbons (Fsp3) is 0.375. The molecule has 1 fully saturated rings. The van der Waals surface area contributed by atoms with Gasteiger partial charge in [-0.1, -0.05) is 18.2 Å². The highest BCUT2D eigenvalue weighted by molar-refractivity contribution is 7.09. The summed E-state index contributed by atoms with van der Waals surface area (Å²) in [5.74, 6) is 0.938. The Balaban J connectivity index is 1.51. The lowest BCUT2D eigenvalue weighted by atomic mass is 10.3. The standard InChI is InChI=1S/C16H18N2O3S/c19-16(18-6-8-20-9-7-18)10-13-12-22-15(17-13)11-21-14-4-2-1-3-5-14/h1-5,12H,6-11H2. The zero-order valence-corrected chi connectivity index (χ0v) is 13.1. The second kappa shape index (κ2) is 7.38. The van der Waals surface area contributed by atoms with Crippen molar-refractivity contribution in [3.8, 4) is 5.75 Å². The molecule has 6 heteroatoms. The number of rotatable bonds is 5. The summed E-state index contributed by atoms with van der Waals surface area (Å²) in [6, 6.07) is 9.64. The highest BCUT2D eigenvalue weighted by Gasteiger charge is 2.18. The first-order valence-electron chi connectivity index (χ1n) is 7.28. The molecule has 0 bridgehead atoms. The highest BCUT2D eigenvalue weighted by Crippen LogP contribution is 2.15. The number of hydrogen-bond acceptors (Lipinski definition) is 5. The number of ether oxygens (including phenoxy) is 2. The van der Waals surface area contributed by atoms with E-state index in [0.717, 1.165) is 16.5 Å². The van der Waals surface area contributed by atoms with Crippen molar-refractivity contribution < 1.29 is 14.3 Å². The molecule has 2 heterocycles. The van der Waals surface area contributed by atoms with Crippen LogP contribution in [-0.4, -0.2) is 42.1 Å². The maximum atomic E-state index is 12.2. The van der Waals surface area contributed by atoms with Gasteiger partial charge >= 0.3 is 0 Å². The molecular formula is C16H18N2O3S. The SMILES string of the molecule is O=C(Cc1csc(COc2ccccc2)n1)N1CCOCC1. The summed E-state index contributed by atoms with van der Waals surface area (Å²) in [5, 5.41) is 2.82. The van der Waals surface area contributed by atoms with Crippen LogP contribution in [0.25, 0.3) is 0 Å². The average Bonchev–Trinajstić information content (AvgIpc) is 3.02. The molecule has 0 N–H and O–H groups in total. The van der Waals surface area contributed by atoms with Gasteiger partial charge in [-0.05, 0) is 12.1 Å². The van der Waals surface area contributed by atoms with E-state index < -0.39 is 0 Å². The zero-order valence-electron chi connectivity index (χ0n) is 12.2. The first kappa shape index (κ1) is 15.0. The fourth-order valence-electron chi connectivity index (χ4n) is 2.24. The smallest absolute Gasteiger partial charge is 0.228 e. The van der Waals surface area contributed by atoms with Crippen molar-refractivity contribution in [2.24, 2.45) is 0 Å². The van der Waals surface area contributed by atoms with Gasteiger partial charge < -0.3 is 14.4 Å². The normalized spacial score (nSPS) is 14.8. The van der Waals surface area contributed by atoms with E-state index in [1.807, 2.05) is 40.6 Å². The molecule has 0 spiro atoms. The monoisotopic (exact) mass is 318 g/mol. The van der Waals surface area contributed by atoms with Crippen LogP contribution >= 0.6 is 11.3 Å². The predicted molar refractivity (Wildman–Crippen MR) is 84.0 cm³/mol. The van der Waals surface area contributed by atoms with Gasteiger partial charge in [-0.25, -0.2) is 4.98 Å². The Kier molecular flexibility index (Phi) is 5.03. The zero-order chi connectivity index (χ0) is 15.2. The summed E-state index contributed by atoms with van der Waals surface area (Å²) < 4.78 is 10.9. The van der Waals surface area contributed by atoms with Gasteiger partial charge in [0, 0.05) is 18.5 Å². The van der Waals surface area contributed by atoms with Crippen LogP contribution in [0.4, 0.5) is 0 Å². The van der Waals surface area contributed by atoms with Crippen molar-refractivity contribution in [1.29, 1.82) is 0 Å². The summed E-state index contributed by atoms with van der Waals surface area (Å²) in [6.45, 7) is 3.03. The van der Waals surface area contributed by atoms with Crippen LogP contribution in [0, 0.1) is 0 Å². The topological polar surface area (TPSA) is 51.7 Å². The Morgan fingerprint density at radius 2 is 2.05 bits per heavy atom. The first-order chi connectivity index (χ1) is 10.8. The molecule has 2 aromatic rings. The minimum absolute atomic E-state index is 0.115. The molecule has 1 aliphatic heterocycles. The molecule has 0 saturated carbocycles. The number of carbonyl (C=O) groups is 1. The van der Waals surface area contributed by atoms with Gasteiger partial charge in [0.25, 0.3) is 0 Å². The molecule has 5 nitrogen and oxygen atoms in total. The molecule has 1 saturated heterocycles. The summed E-state index contributed by atoms with van der Waals surface area (Å²) in [7, 11) is 0. The van der Waals surface area contributed by atoms with Crippen LogP contribution in [0.1, 0.15) is 10.7 Å². The summed E-state index contributed by atoms with van der Waals surface area (Å²) in [4.78, 5) is 18.5. The van der Waals surface area contributed by atoms with Gasteiger partial charge in [-0.15, -0.1) is 11.3 Å². The van der Waals surface area contributed by atoms with Crippen LogP contribution in [0.5, 0.6) is 5.75 Å².